The van der Waals surface area contributed by atoms with Crippen LogP contribution in [0.3, 0.4) is 0 Å². The molecule has 1 aliphatic rings. The molecule has 1 aromatic heterocycles. The van der Waals surface area contributed by atoms with Crippen LogP contribution in [0.25, 0.3) is 0 Å². The summed E-state index contributed by atoms with van der Waals surface area (Å²) in [6, 6.07) is 3.85. The van der Waals surface area contributed by atoms with Gasteiger partial charge in [-0.15, -0.1) is 0 Å². The maximum absolute atomic E-state index is 5.39. The molecule has 5 heteroatoms. The zero-order valence-electron chi connectivity index (χ0n) is 10.2. The van der Waals surface area contributed by atoms with Crippen LogP contribution in [0.15, 0.2) is 18.3 Å². The van der Waals surface area contributed by atoms with E-state index in [9.17, 15) is 0 Å². The molecule has 1 fully saturated rings. The molecule has 94 valence electrons. The molecule has 2 heterocycles. The standard InChI is InChI=1S/C12H20N4O/c1-12(3-6-17-7-4-12)9-15-10-2-5-14-11(8-10)16-13/h2,5,8H,3-4,6-7,9,13H2,1H3,(H2,14,15,16). The number of nitrogens with two attached hydrogens (primary N) is 1. The number of nitrogens with zero attached hydrogens (tertiary/aromatic N) is 1. The molecule has 0 aliphatic carbocycles. The van der Waals surface area contributed by atoms with Gasteiger partial charge < -0.3 is 15.5 Å². The number of anilines is 2. The molecule has 1 aliphatic heterocycles. The summed E-state index contributed by atoms with van der Waals surface area (Å²) >= 11 is 0. The highest BCUT2D eigenvalue weighted by molar-refractivity contribution is 5.51. The van der Waals surface area contributed by atoms with Crippen LogP contribution in [0.4, 0.5) is 11.5 Å². The maximum atomic E-state index is 5.39. The largest absolute Gasteiger partial charge is 0.384 e. The summed E-state index contributed by atoms with van der Waals surface area (Å²) in [5.74, 6) is 6.00. The van der Waals surface area contributed by atoms with Gasteiger partial charge in [0.2, 0.25) is 0 Å². The van der Waals surface area contributed by atoms with Gasteiger partial charge in [0.25, 0.3) is 0 Å². The minimum atomic E-state index is 0.317. The van der Waals surface area contributed by atoms with Crippen molar-refractivity contribution in [2.45, 2.75) is 19.8 Å². The van der Waals surface area contributed by atoms with Crippen LogP contribution >= 0.6 is 0 Å². The van der Waals surface area contributed by atoms with Crippen molar-refractivity contribution in [3.05, 3.63) is 18.3 Å². The van der Waals surface area contributed by atoms with E-state index >= 15 is 0 Å². The molecule has 0 unspecified atom stereocenters. The quantitative estimate of drug-likeness (QED) is 0.547. The van der Waals surface area contributed by atoms with E-state index in [2.05, 4.69) is 22.7 Å². The van der Waals surface area contributed by atoms with E-state index in [1.165, 1.54) is 0 Å². The first-order valence-electron chi connectivity index (χ1n) is 5.96. The zero-order chi connectivity index (χ0) is 12.1. The second kappa shape index (κ2) is 5.33. The monoisotopic (exact) mass is 236 g/mol. The van der Waals surface area contributed by atoms with Gasteiger partial charge in [0.15, 0.2) is 0 Å². The Labute approximate surface area is 102 Å². The first-order chi connectivity index (χ1) is 8.22. The van der Waals surface area contributed by atoms with Crippen molar-refractivity contribution in [2.24, 2.45) is 11.3 Å². The predicted molar refractivity (Wildman–Crippen MR) is 68.7 cm³/mol. The molecule has 0 bridgehead atoms. The highest BCUT2D eigenvalue weighted by Crippen LogP contribution is 2.30. The Morgan fingerprint density at radius 2 is 2.24 bits per heavy atom. The first-order valence-corrected chi connectivity index (χ1v) is 5.96. The summed E-state index contributed by atoms with van der Waals surface area (Å²) in [6.07, 6.45) is 3.95. The van der Waals surface area contributed by atoms with Gasteiger partial charge in [0, 0.05) is 37.7 Å². The molecule has 0 radical (unpaired) electrons. The molecule has 0 atom stereocenters. The number of ether oxygens (including phenoxy) is 1. The smallest absolute Gasteiger partial charge is 0.141 e. The normalized spacial score (nSPS) is 18.7. The number of hydrogen-bond acceptors (Lipinski definition) is 5. The summed E-state index contributed by atoms with van der Waals surface area (Å²) in [5.41, 5.74) is 3.90. The number of nitrogens with one attached hydrogen (secondary N) is 2. The van der Waals surface area contributed by atoms with Crippen molar-refractivity contribution >= 4 is 11.5 Å². The maximum Gasteiger partial charge on any atom is 0.141 e. The van der Waals surface area contributed by atoms with Crippen LogP contribution < -0.4 is 16.6 Å². The third-order valence-electron chi connectivity index (χ3n) is 3.33. The lowest BCUT2D eigenvalue weighted by molar-refractivity contribution is 0.0300. The third kappa shape index (κ3) is 3.31. The highest BCUT2D eigenvalue weighted by atomic mass is 16.5. The van der Waals surface area contributed by atoms with Gasteiger partial charge in [0.1, 0.15) is 5.82 Å². The third-order valence-corrected chi connectivity index (χ3v) is 3.33. The molecular weight excluding hydrogens is 216 g/mol. The van der Waals surface area contributed by atoms with Crippen molar-refractivity contribution in [3.8, 4) is 0 Å². The average molecular weight is 236 g/mol. The molecule has 0 aromatic carbocycles. The van der Waals surface area contributed by atoms with Crippen molar-refractivity contribution in [2.75, 3.05) is 30.5 Å². The summed E-state index contributed by atoms with van der Waals surface area (Å²) < 4.78 is 5.39. The van der Waals surface area contributed by atoms with Gasteiger partial charge in [-0.2, -0.15) is 0 Å². The van der Waals surface area contributed by atoms with Crippen molar-refractivity contribution in [3.63, 3.8) is 0 Å². The SMILES string of the molecule is CC1(CNc2ccnc(NN)c2)CCOCC1. The van der Waals surface area contributed by atoms with Crippen molar-refractivity contribution in [1.82, 2.24) is 4.98 Å². The molecule has 1 saturated heterocycles. The van der Waals surface area contributed by atoms with Gasteiger partial charge in [0.05, 0.1) is 0 Å². The Kier molecular flexibility index (Phi) is 3.81. The fourth-order valence-corrected chi connectivity index (χ4v) is 1.98. The summed E-state index contributed by atoms with van der Waals surface area (Å²) in [7, 11) is 0. The van der Waals surface area contributed by atoms with Crippen LogP contribution in [-0.4, -0.2) is 24.7 Å². The fraction of sp³-hybridized carbons (Fsp3) is 0.583. The van der Waals surface area contributed by atoms with Crippen LogP contribution in [-0.2, 0) is 4.74 Å². The lowest BCUT2D eigenvalue weighted by Gasteiger charge is -2.33. The molecule has 5 nitrogen and oxygen atoms in total. The molecule has 0 saturated carbocycles. The van der Waals surface area contributed by atoms with E-state index in [1.807, 2.05) is 12.1 Å². The van der Waals surface area contributed by atoms with Crippen LogP contribution in [0.1, 0.15) is 19.8 Å². The van der Waals surface area contributed by atoms with E-state index in [0.717, 1.165) is 38.3 Å². The lowest BCUT2D eigenvalue weighted by atomic mass is 9.82. The van der Waals surface area contributed by atoms with Crippen molar-refractivity contribution in [1.29, 1.82) is 0 Å². The van der Waals surface area contributed by atoms with E-state index in [-0.39, 0.29) is 0 Å². The Morgan fingerprint density at radius 3 is 2.94 bits per heavy atom. The van der Waals surface area contributed by atoms with Gasteiger partial charge in [-0.1, -0.05) is 6.92 Å². The van der Waals surface area contributed by atoms with Crippen LogP contribution in [0.5, 0.6) is 0 Å². The van der Waals surface area contributed by atoms with Crippen LogP contribution in [0, 0.1) is 5.41 Å². The fourth-order valence-electron chi connectivity index (χ4n) is 1.98. The number of pyridine rings is 1. The van der Waals surface area contributed by atoms with E-state index in [1.54, 1.807) is 6.20 Å². The van der Waals surface area contributed by atoms with Crippen LogP contribution in [0.2, 0.25) is 0 Å². The molecule has 1 aromatic rings. The number of nitrogen functional groups attached to an aromatic ring is 1. The van der Waals surface area contributed by atoms with E-state index < -0.39 is 0 Å². The minimum absolute atomic E-state index is 0.317. The second-order valence-corrected chi connectivity index (χ2v) is 4.85. The van der Waals surface area contributed by atoms with Crippen molar-refractivity contribution < 1.29 is 4.74 Å². The Hall–Kier alpha value is -1.33. The van der Waals surface area contributed by atoms with E-state index in [4.69, 9.17) is 10.6 Å². The molecule has 4 N–H and O–H groups in total. The Morgan fingerprint density at radius 1 is 1.47 bits per heavy atom. The average Bonchev–Trinajstić information content (AvgIpc) is 2.38. The number of hydrazine groups is 1. The molecule has 17 heavy (non-hydrogen) atoms. The molecule has 0 amide bonds. The number of aromatic nitrogens is 1. The Bertz CT molecular complexity index is 363. The first kappa shape index (κ1) is 12.1. The zero-order valence-corrected chi connectivity index (χ0v) is 10.2. The highest BCUT2D eigenvalue weighted by Gasteiger charge is 2.26. The topological polar surface area (TPSA) is 72.2 Å². The van der Waals surface area contributed by atoms with Gasteiger partial charge in [-0.25, -0.2) is 10.8 Å². The van der Waals surface area contributed by atoms with E-state index in [0.29, 0.717) is 11.2 Å². The van der Waals surface area contributed by atoms with Gasteiger partial charge >= 0.3 is 0 Å². The second-order valence-electron chi connectivity index (χ2n) is 4.85. The summed E-state index contributed by atoms with van der Waals surface area (Å²) in [6.45, 7) is 4.98. The predicted octanol–water partition coefficient (Wildman–Crippen LogP) is 1.60. The molecular formula is C12H20N4O. The lowest BCUT2D eigenvalue weighted by Crippen LogP contribution is -2.33. The molecule has 0 spiro atoms. The number of hydrogen-bond donors (Lipinski definition) is 3. The minimum Gasteiger partial charge on any atom is -0.384 e. The molecule has 2 rings (SSSR count). The summed E-state index contributed by atoms with van der Waals surface area (Å²) in [4.78, 5) is 4.07. The number of rotatable bonds is 4. The van der Waals surface area contributed by atoms with Gasteiger partial charge in [-0.05, 0) is 24.3 Å². The summed E-state index contributed by atoms with van der Waals surface area (Å²) in [5, 5.41) is 3.44. The Balaban J connectivity index is 1.92. The van der Waals surface area contributed by atoms with Gasteiger partial charge in [-0.3, -0.25) is 0 Å².